The molecule has 2 aromatic carbocycles. The number of rotatable bonds is 11. The lowest BCUT2D eigenvalue weighted by Crippen LogP contribution is -2.34. The van der Waals surface area contributed by atoms with Crippen LogP contribution in [-0.2, 0) is 4.79 Å². The number of nitrogens with one attached hydrogen (secondary N) is 2. The van der Waals surface area contributed by atoms with Crippen LogP contribution >= 0.6 is 0 Å². The third-order valence-electron chi connectivity index (χ3n) is 6.50. The summed E-state index contributed by atoms with van der Waals surface area (Å²) in [6.45, 7) is 0.889. The van der Waals surface area contributed by atoms with Gasteiger partial charge in [0.1, 0.15) is 5.75 Å². The van der Waals surface area contributed by atoms with Crippen LogP contribution in [0.3, 0.4) is 0 Å². The van der Waals surface area contributed by atoms with Crippen molar-refractivity contribution in [2.75, 3.05) is 19.7 Å². The van der Waals surface area contributed by atoms with Crippen molar-refractivity contribution in [3.8, 4) is 11.5 Å². The van der Waals surface area contributed by atoms with Gasteiger partial charge in [-0.15, -0.1) is 0 Å². The average Bonchev–Trinajstić information content (AvgIpc) is 3.71. The summed E-state index contributed by atoms with van der Waals surface area (Å²) in [5, 5.41) is 14.5. The zero-order valence-electron chi connectivity index (χ0n) is 20.0. The molecule has 8 nitrogen and oxygen atoms in total. The smallest absolute Gasteiger partial charge is 0.306 e. The van der Waals surface area contributed by atoms with Crippen molar-refractivity contribution in [1.82, 2.24) is 10.6 Å². The lowest BCUT2D eigenvalue weighted by molar-refractivity contribution is -0.143. The summed E-state index contributed by atoms with van der Waals surface area (Å²) >= 11 is 0. The normalized spacial score (nSPS) is 19.2. The Hall–Kier alpha value is -3.62. The molecule has 2 fully saturated rings. The molecule has 0 aromatic heterocycles. The van der Waals surface area contributed by atoms with Gasteiger partial charge in [0, 0.05) is 24.2 Å². The minimum atomic E-state index is -0.750. The number of hydrogen-bond acceptors (Lipinski definition) is 5. The molecule has 4 rings (SSSR count). The molecule has 2 aliphatic carbocycles. The van der Waals surface area contributed by atoms with Crippen molar-refractivity contribution in [3.05, 3.63) is 59.4 Å². The predicted octanol–water partition coefficient (Wildman–Crippen LogP) is 3.80. The second-order valence-electron chi connectivity index (χ2n) is 9.37. The van der Waals surface area contributed by atoms with Gasteiger partial charge in [-0.25, -0.2) is 4.39 Å². The summed E-state index contributed by atoms with van der Waals surface area (Å²) in [6.07, 6.45) is 4.78. The summed E-state index contributed by atoms with van der Waals surface area (Å²) in [5.41, 5.74) is 0.636. The van der Waals surface area contributed by atoms with Gasteiger partial charge in [0.05, 0.1) is 18.6 Å². The van der Waals surface area contributed by atoms with Gasteiger partial charge in [0.2, 0.25) is 0 Å². The molecule has 2 saturated carbocycles. The maximum absolute atomic E-state index is 14.2. The van der Waals surface area contributed by atoms with E-state index in [4.69, 9.17) is 14.6 Å². The summed E-state index contributed by atoms with van der Waals surface area (Å²) in [6, 6.07) is 10.9. The molecule has 3 N–H and O–H groups in total. The number of benzene rings is 2. The van der Waals surface area contributed by atoms with Gasteiger partial charge in [-0.3, -0.25) is 14.4 Å². The first-order valence-corrected chi connectivity index (χ1v) is 12.4. The number of aliphatic carboxylic acids is 1. The number of carboxylic acid groups (broad SMARTS) is 1. The molecule has 0 unspecified atom stereocenters. The van der Waals surface area contributed by atoms with Crippen LogP contribution in [0.4, 0.5) is 4.39 Å². The van der Waals surface area contributed by atoms with Crippen LogP contribution in [0.1, 0.15) is 59.2 Å². The number of ether oxygens (including phenoxy) is 2. The van der Waals surface area contributed by atoms with Crippen LogP contribution in [0.15, 0.2) is 42.5 Å². The highest BCUT2D eigenvalue weighted by molar-refractivity contribution is 5.95. The number of hydrogen-bond donors (Lipinski definition) is 3. The Morgan fingerprint density at radius 1 is 0.861 bits per heavy atom. The first-order chi connectivity index (χ1) is 17.4. The Labute approximate surface area is 209 Å². The summed E-state index contributed by atoms with van der Waals surface area (Å²) in [4.78, 5) is 35.7. The van der Waals surface area contributed by atoms with E-state index < -0.39 is 17.7 Å². The van der Waals surface area contributed by atoms with Crippen molar-refractivity contribution >= 4 is 17.8 Å². The second kappa shape index (κ2) is 11.9. The lowest BCUT2D eigenvalue weighted by atomic mass is 9.87. The molecule has 2 aromatic rings. The first-order valence-electron chi connectivity index (χ1n) is 12.4. The minimum absolute atomic E-state index is 0.0242. The predicted molar refractivity (Wildman–Crippen MR) is 130 cm³/mol. The molecule has 2 aliphatic rings. The molecule has 0 spiro atoms. The highest BCUT2D eigenvalue weighted by Crippen LogP contribution is 2.30. The topological polar surface area (TPSA) is 114 Å². The largest absolute Gasteiger partial charge is 0.490 e. The van der Waals surface area contributed by atoms with Crippen molar-refractivity contribution in [2.24, 2.45) is 11.8 Å². The third-order valence-corrected chi connectivity index (χ3v) is 6.50. The van der Waals surface area contributed by atoms with Gasteiger partial charge in [-0.2, -0.15) is 0 Å². The fourth-order valence-electron chi connectivity index (χ4n) is 4.11. The standard InChI is InChI=1S/C27H31FN2O6/c28-23-15-20(7-12-24(23)35-16-17-1-2-17)26(32)30-14-13-29-25(31)18-3-8-21(9-4-18)36-22-10-5-19(6-11-22)27(33)34/h3-4,7-9,12,15,17,19,22H,1-2,5-6,10-11,13-14,16H2,(H,29,31)(H,30,32)(H,33,34)/t19-,22+. The van der Waals surface area contributed by atoms with Crippen molar-refractivity contribution in [1.29, 1.82) is 0 Å². The molecule has 2 amide bonds. The monoisotopic (exact) mass is 498 g/mol. The van der Waals surface area contributed by atoms with Crippen LogP contribution in [0.25, 0.3) is 0 Å². The molecule has 0 heterocycles. The highest BCUT2D eigenvalue weighted by atomic mass is 19.1. The van der Waals surface area contributed by atoms with Crippen LogP contribution < -0.4 is 20.1 Å². The molecule has 0 aliphatic heterocycles. The summed E-state index contributed by atoms with van der Waals surface area (Å²) < 4.78 is 25.5. The van der Waals surface area contributed by atoms with E-state index in [1.54, 1.807) is 24.3 Å². The molecular weight excluding hydrogens is 467 g/mol. The van der Waals surface area contributed by atoms with Crippen molar-refractivity contribution < 1.29 is 33.4 Å². The Bertz CT molecular complexity index is 1080. The van der Waals surface area contributed by atoms with Crippen LogP contribution in [0.2, 0.25) is 0 Å². The van der Waals surface area contributed by atoms with Crippen LogP contribution in [0.5, 0.6) is 11.5 Å². The van der Waals surface area contributed by atoms with Gasteiger partial charge in [0.15, 0.2) is 11.6 Å². The number of halogens is 1. The minimum Gasteiger partial charge on any atom is -0.490 e. The number of carbonyl (C=O) groups is 3. The molecular formula is C27H31FN2O6. The van der Waals surface area contributed by atoms with Gasteiger partial charge in [-0.05, 0) is 86.9 Å². The second-order valence-corrected chi connectivity index (χ2v) is 9.37. The highest BCUT2D eigenvalue weighted by Gasteiger charge is 2.27. The van der Waals surface area contributed by atoms with Crippen LogP contribution in [0, 0.1) is 17.7 Å². The molecule has 36 heavy (non-hydrogen) atoms. The van der Waals surface area contributed by atoms with Crippen molar-refractivity contribution in [2.45, 2.75) is 44.6 Å². The third kappa shape index (κ3) is 7.19. The molecule has 0 atom stereocenters. The molecule has 0 bridgehead atoms. The first kappa shape index (κ1) is 25.5. The maximum atomic E-state index is 14.2. The number of carboxylic acids is 1. The zero-order valence-corrected chi connectivity index (χ0v) is 20.0. The Morgan fingerprint density at radius 2 is 1.47 bits per heavy atom. The van der Waals surface area contributed by atoms with E-state index in [1.165, 1.54) is 12.1 Å². The lowest BCUT2D eigenvalue weighted by Gasteiger charge is -2.26. The Morgan fingerprint density at radius 3 is 2.06 bits per heavy atom. The molecule has 9 heteroatoms. The molecule has 0 saturated heterocycles. The van der Waals surface area contributed by atoms with Gasteiger partial charge >= 0.3 is 5.97 Å². The average molecular weight is 499 g/mol. The van der Waals surface area contributed by atoms with E-state index in [0.29, 0.717) is 49.5 Å². The fraction of sp³-hybridized carbons (Fsp3) is 0.444. The maximum Gasteiger partial charge on any atom is 0.306 e. The van der Waals surface area contributed by atoms with Gasteiger partial charge < -0.3 is 25.2 Å². The van der Waals surface area contributed by atoms with E-state index in [9.17, 15) is 18.8 Å². The molecule has 0 radical (unpaired) electrons. The summed E-state index contributed by atoms with van der Waals surface area (Å²) in [5.74, 6) is -1.06. The van der Waals surface area contributed by atoms with E-state index in [0.717, 1.165) is 18.9 Å². The van der Waals surface area contributed by atoms with E-state index >= 15 is 0 Å². The fourth-order valence-corrected chi connectivity index (χ4v) is 4.11. The quantitative estimate of drug-likeness (QED) is 0.406. The van der Waals surface area contributed by atoms with Gasteiger partial charge in [-0.1, -0.05) is 0 Å². The number of amides is 2. The Kier molecular flexibility index (Phi) is 8.40. The number of carbonyl (C=O) groups excluding carboxylic acids is 2. The van der Waals surface area contributed by atoms with Crippen LogP contribution in [-0.4, -0.2) is 48.7 Å². The van der Waals surface area contributed by atoms with Gasteiger partial charge in [0.25, 0.3) is 11.8 Å². The summed E-state index contributed by atoms with van der Waals surface area (Å²) in [7, 11) is 0. The zero-order chi connectivity index (χ0) is 25.5. The van der Waals surface area contributed by atoms with E-state index in [1.807, 2.05) is 0 Å². The van der Waals surface area contributed by atoms with E-state index in [2.05, 4.69) is 10.6 Å². The molecule has 192 valence electrons. The Balaban J connectivity index is 1.16. The van der Waals surface area contributed by atoms with E-state index in [-0.39, 0.29) is 42.3 Å². The van der Waals surface area contributed by atoms with Crippen molar-refractivity contribution in [3.63, 3.8) is 0 Å². The SMILES string of the molecule is O=C(NCCNC(=O)c1ccc(OCC2CC2)c(F)c1)c1ccc(O[C@H]2CC[C@@H](C(=O)O)CC2)cc1.